The molecule has 3 aromatic rings. The molecule has 1 N–H and O–H groups in total. The van der Waals surface area contributed by atoms with Crippen molar-refractivity contribution >= 4 is 9.84 Å². The van der Waals surface area contributed by atoms with Crippen LogP contribution in [0.5, 0.6) is 5.75 Å². The van der Waals surface area contributed by atoms with Crippen LogP contribution in [0.25, 0.3) is 0 Å². The topological polar surface area (TPSA) is 66.8 Å². The summed E-state index contributed by atoms with van der Waals surface area (Å²) in [6.45, 7) is 0.942. The molecule has 0 aliphatic rings. The summed E-state index contributed by atoms with van der Waals surface area (Å²) in [6, 6.07) is 17.5. The van der Waals surface area contributed by atoms with Gasteiger partial charge in [-0.05, 0) is 48.6 Å². The monoisotopic (exact) mass is 553 g/mol. The predicted molar refractivity (Wildman–Crippen MR) is 137 cm³/mol. The number of benzene rings is 3. The third kappa shape index (κ3) is 8.54. The van der Waals surface area contributed by atoms with E-state index in [2.05, 4.69) is 0 Å². The van der Waals surface area contributed by atoms with E-state index in [1.54, 1.807) is 12.1 Å². The molecule has 0 aliphatic carbocycles. The van der Waals surface area contributed by atoms with Gasteiger partial charge in [-0.1, -0.05) is 48.5 Å². The number of rotatable bonds is 13. The fourth-order valence-electron chi connectivity index (χ4n) is 4.14. The van der Waals surface area contributed by atoms with Gasteiger partial charge in [-0.2, -0.15) is 13.2 Å². The zero-order valence-electron chi connectivity index (χ0n) is 21.0. The molecular formula is C28H31F4NO4S. The maximum atomic E-state index is 14.7. The average Bonchev–Trinajstić information content (AvgIpc) is 2.86. The van der Waals surface area contributed by atoms with Gasteiger partial charge in [0.1, 0.15) is 11.6 Å². The fraction of sp³-hybridized carbons (Fsp3) is 0.357. The van der Waals surface area contributed by atoms with Crippen LogP contribution in [0.2, 0.25) is 0 Å². The van der Waals surface area contributed by atoms with Gasteiger partial charge in [0.2, 0.25) is 0 Å². The highest BCUT2D eigenvalue weighted by atomic mass is 32.2. The van der Waals surface area contributed by atoms with Crippen molar-refractivity contribution in [3.8, 4) is 5.75 Å². The van der Waals surface area contributed by atoms with Crippen molar-refractivity contribution in [1.29, 1.82) is 0 Å². The Labute approximate surface area is 220 Å². The standard InChI is InChI=1S/C28H31F4NO4S/c1-38(35,36)26-19-24(12-11-22(26)14-17-34)37-18-6-15-33(16-13-21-7-3-2-4-8-21)20-23-9-5-10-25(27(23)29)28(30,31)32/h2-5,7-12,19,34H,6,13-18,20H2,1H3. The molecule has 0 spiro atoms. The number of aliphatic hydroxyl groups is 1. The highest BCUT2D eigenvalue weighted by Crippen LogP contribution is 2.32. The molecule has 0 bridgehead atoms. The molecule has 3 aromatic carbocycles. The van der Waals surface area contributed by atoms with Gasteiger partial charge in [0.25, 0.3) is 0 Å². The van der Waals surface area contributed by atoms with Crippen molar-refractivity contribution in [3.63, 3.8) is 0 Å². The second-order valence-corrected chi connectivity index (χ2v) is 11.0. The molecule has 5 nitrogen and oxygen atoms in total. The van der Waals surface area contributed by atoms with Crippen LogP contribution in [0.1, 0.15) is 28.7 Å². The van der Waals surface area contributed by atoms with E-state index in [1.165, 1.54) is 18.2 Å². The van der Waals surface area contributed by atoms with E-state index in [9.17, 15) is 31.1 Å². The second-order valence-electron chi connectivity index (χ2n) is 9.01. The van der Waals surface area contributed by atoms with Crippen molar-refractivity contribution in [2.24, 2.45) is 0 Å². The summed E-state index contributed by atoms with van der Waals surface area (Å²) in [5, 5.41) is 9.19. The Bertz CT molecular complexity index is 1300. The summed E-state index contributed by atoms with van der Waals surface area (Å²) in [6.07, 6.45) is -2.38. The Hall–Kier alpha value is -2.95. The summed E-state index contributed by atoms with van der Waals surface area (Å²) in [4.78, 5) is 1.97. The van der Waals surface area contributed by atoms with E-state index in [-0.39, 0.29) is 36.6 Å². The molecular weight excluding hydrogens is 522 g/mol. The summed E-state index contributed by atoms with van der Waals surface area (Å²) < 4.78 is 84.3. The van der Waals surface area contributed by atoms with Gasteiger partial charge in [-0.3, -0.25) is 4.90 Å². The molecule has 0 atom stereocenters. The molecule has 0 amide bonds. The number of aliphatic hydroxyl groups excluding tert-OH is 1. The molecule has 3 rings (SSSR count). The number of nitrogens with zero attached hydrogens (tertiary/aromatic N) is 1. The van der Waals surface area contributed by atoms with Gasteiger partial charge in [0, 0.05) is 38.1 Å². The first kappa shape index (κ1) is 29.6. The summed E-state index contributed by atoms with van der Waals surface area (Å²) in [5.74, 6) is -0.913. The molecule has 0 radical (unpaired) electrons. The minimum absolute atomic E-state index is 0.00330. The van der Waals surface area contributed by atoms with Gasteiger partial charge < -0.3 is 9.84 Å². The average molecular weight is 554 g/mol. The maximum absolute atomic E-state index is 14.7. The minimum Gasteiger partial charge on any atom is -0.494 e. The first-order valence-corrected chi connectivity index (χ1v) is 14.1. The van der Waals surface area contributed by atoms with E-state index < -0.39 is 27.4 Å². The lowest BCUT2D eigenvalue weighted by Crippen LogP contribution is -2.28. The molecule has 38 heavy (non-hydrogen) atoms. The highest BCUT2D eigenvalue weighted by Gasteiger charge is 2.34. The molecule has 0 fully saturated rings. The third-order valence-corrected chi connectivity index (χ3v) is 7.22. The lowest BCUT2D eigenvalue weighted by Gasteiger charge is -2.23. The van der Waals surface area contributed by atoms with Gasteiger partial charge >= 0.3 is 6.18 Å². The van der Waals surface area contributed by atoms with Crippen LogP contribution < -0.4 is 4.74 Å². The number of ether oxygens (including phenoxy) is 1. The zero-order chi connectivity index (χ0) is 27.8. The van der Waals surface area contributed by atoms with Gasteiger partial charge in [-0.15, -0.1) is 0 Å². The van der Waals surface area contributed by atoms with Crippen molar-refractivity contribution < 1.29 is 35.8 Å². The Balaban J connectivity index is 1.68. The van der Waals surface area contributed by atoms with E-state index in [1.807, 2.05) is 35.2 Å². The number of hydrogen-bond acceptors (Lipinski definition) is 5. The molecule has 0 unspecified atom stereocenters. The smallest absolute Gasteiger partial charge is 0.419 e. The lowest BCUT2D eigenvalue weighted by molar-refractivity contribution is -0.140. The maximum Gasteiger partial charge on any atom is 0.419 e. The molecule has 206 valence electrons. The minimum atomic E-state index is -4.78. The molecule has 0 saturated carbocycles. The molecule has 10 heteroatoms. The van der Waals surface area contributed by atoms with Crippen LogP contribution in [0.3, 0.4) is 0 Å². The van der Waals surface area contributed by atoms with Crippen LogP contribution in [0, 0.1) is 5.82 Å². The second kappa shape index (κ2) is 13.2. The van der Waals surface area contributed by atoms with Crippen molar-refractivity contribution in [2.45, 2.75) is 36.9 Å². The number of halogens is 4. The van der Waals surface area contributed by atoms with Crippen molar-refractivity contribution in [2.75, 3.05) is 32.6 Å². The zero-order valence-corrected chi connectivity index (χ0v) is 21.9. The Morgan fingerprint density at radius 2 is 1.66 bits per heavy atom. The van der Waals surface area contributed by atoms with Gasteiger partial charge in [0.15, 0.2) is 9.84 Å². The molecule has 0 saturated heterocycles. The first-order chi connectivity index (χ1) is 18.0. The van der Waals surface area contributed by atoms with Crippen LogP contribution >= 0.6 is 0 Å². The molecule has 0 aromatic heterocycles. The highest BCUT2D eigenvalue weighted by molar-refractivity contribution is 7.90. The molecule has 0 aliphatic heterocycles. The largest absolute Gasteiger partial charge is 0.494 e. The number of hydrogen-bond donors (Lipinski definition) is 1. The lowest BCUT2D eigenvalue weighted by atomic mass is 10.1. The fourth-order valence-corrected chi connectivity index (χ4v) is 5.12. The summed E-state index contributed by atoms with van der Waals surface area (Å²) in [7, 11) is -3.52. The van der Waals surface area contributed by atoms with E-state index in [0.717, 1.165) is 17.9 Å². The van der Waals surface area contributed by atoms with Crippen LogP contribution in [0.15, 0.2) is 71.6 Å². The van der Waals surface area contributed by atoms with E-state index in [0.29, 0.717) is 37.2 Å². The van der Waals surface area contributed by atoms with Crippen molar-refractivity contribution in [1.82, 2.24) is 4.90 Å². The summed E-state index contributed by atoms with van der Waals surface area (Å²) in [5.41, 5.74) is 0.228. The molecule has 0 heterocycles. The Morgan fingerprint density at radius 1 is 0.921 bits per heavy atom. The van der Waals surface area contributed by atoms with Crippen LogP contribution in [-0.2, 0) is 35.4 Å². The summed E-state index contributed by atoms with van der Waals surface area (Å²) >= 11 is 0. The first-order valence-electron chi connectivity index (χ1n) is 12.2. The van der Waals surface area contributed by atoms with Crippen LogP contribution in [-0.4, -0.2) is 51.0 Å². The number of alkyl halides is 3. The van der Waals surface area contributed by atoms with Gasteiger partial charge in [0.05, 0.1) is 17.1 Å². The Morgan fingerprint density at radius 3 is 2.32 bits per heavy atom. The van der Waals surface area contributed by atoms with Crippen LogP contribution in [0.4, 0.5) is 17.6 Å². The van der Waals surface area contributed by atoms with Gasteiger partial charge in [-0.25, -0.2) is 12.8 Å². The Kier molecular flexibility index (Phi) is 10.3. The normalized spacial score (nSPS) is 12.2. The quantitative estimate of drug-likeness (QED) is 0.230. The number of sulfone groups is 1. The van der Waals surface area contributed by atoms with E-state index >= 15 is 0 Å². The van der Waals surface area contributed by atoms with E-state index in [4.69, 9.17) is 4.74 Å². The SMILES string of the molecule is CS(=O)(=O)c1cc(OCCCN(CCc2ccccc2)Cc2cccc(C(F)(F)F)c2F)ccc1CCO. The van der Waals surface area contributed by atoms with Crippen molar-refractivity contribution in [3.05, 3.63) is 94.8 Å². The predicted octanol–water partition coefficient (Wildman–Crippen LogP) is 5.30. The third-order valence-electron chi connectivity index (χ3n) is 6.04.